The van der Waals surface area contributed by atoms with Crippen LogP contribution < -0.4 is 0 Å². The predicted octanol–water partition coefficient (Wildman–Crippen LogP) is 5.13. The summed E-state index contributed by atoms with van der Waals surface area (Å²) >= 11 is 6.22. The van der Waals surface area contributed by atoms with Crippen LogP contribution in [0, 0.1) is 25.2 Å². The molecule has 0 aliphatic rings. The standard InChI is InChI=1S/C22H18ClN5/c1-14-21(17-8-9-18(11-24)20(23)10-17)15(2)28(27-14)13-19-12-25-22(26-19)16-6-4-3-5-7-16/h3-10,12H,13H2,1-2H3,(H,25,26). The van der Waals surface area contributed by atoms with Gasteiger partial charge in [-0.15, -0.1) is 0 Å². The molecule has 4 rings (SSSR count). The van der Waals surface area contributed by atoms with Crippen LogP contribution in [-0.4, -0.2) is 19.7 Å². The van der Waals surface area contributed by atoms with Gasteiger partial charge in [0.25, 0.3) is 0 Å². The summed E-state index contributed by atoms with van der Waals surface area (Å²) in [5, 5.41) is 14.2. The van der Waals surface area contributed by atoms with Gasteiger partial charge < -0.3 is 4.98 Å². The average molecular weight is 388 g/mol. The number of benzene rings is 2. The maximum atomic E-state index is 9.08. The van der Waals surface area contributed by atoms with Gasteiger partial charge in [0.2, 0.25) is 0 Å². The normalized spacial score (nSPS) is 10.8. The lowest BCUT2D eigenvalue weighted by Crippen LogP contribution is -2.04. The molecule has 0 saturated heterocycles. The Morgan fingerprint density at radius 2 is 1.89 bits per heavy atom. The SMILES string of the molecule is Cc1nn(Cc2cnc(-c3ccccc3)[nH]2)c(C)c1-c1ccc(C#N)c(Cl)c1. The number of aromatic amines is 1. The molecule has 1 N–H and O–H groups in total. The highest BCUT2D eigenvalue weighted by atomic mass is 35.5. The topological polar surface area (TPSA) is 70.3 Å². The summed E-state index contributed by atoms with van der Waals surface area (Å²) in [6.45, 7) is 4.61. The summed E-state index contributed by atoms with van der Waals surface area (Å²) in [5.74, 6) is 0.844. The van der Waals surface area contributed by atoms with E-state index in [1.54, 1.807) is 6.07 Å². The zero-order valence-electron chi connectivity index (χ0n) is 15.6. The minimum atomic E-state index is 0.452. The van der Waals surface area contributed by atoms with E-state index in [-0.39, 0.29) is 0 Å². The molecule has 0 radical (unpaired) electrons. The Morgan fingerprint density at radius 1 is 1.11 bits per heavy atom. The van der Waals surface area contributed by atoms with E-state index >= 15 is 0 Å². The van der Waals surface area contributed by atoms with Crippen LogP contribution in [0.15, 0.2) is 54.7 Å². The number of rotatable bonds is 4. The van der Waals surface area contributed by atoms with Crippen molar-refractivity contribution in [1.82, 2.24) is 19.7 Å². The summed E-state index contributed by atoms with van der Waals surface area (Å²) in [7, 11) is 0. The van der Waals surface area contributed by atoms with Crippen molar-refractivity contribution in [1.29, 1.82) is 5.26 Å². The molecular formula is C22H18ClN5. The van der Waals surface area contributed by atoms with Crippen LogP contribution in [0.5, 0.6) is 0 Å². The number of nitriles is 1. The van der Waals surface area contributed by atoms with E-state index in [2.05, 4.69) is 16.0 Å². The zero-order chi connectivity index (χ0) is 19.7. The first-order valence-corrected chi connectivity index (χ1v) is 9.28. The van der Waals surface area contributed by atoms with Crippen LogP contribution in [-0.2, 0) is 6.54 Å². The highest BCUT2D eigenvalue weighted by Gasteiger charge is 2.15. The van der Waals surface area contributed by atoms with Crippen molar-refractivity contribution in [3.63, 3.8) is 0 Å². The number of imidazole rings is 1. The maximum absolute atomic E-state index is 9.08. The Balaban J connectivity index is 1.64. The van der Waals surface area contributed by atoms with E-state index in [0.29, 0.717) is 17.1 Å². The number of aryl methyl sites for hydroxylation is 1. The molecule has 138 valence electrons. The first kappa shape index (κ1) is 18.0. The maximum Gasteiger partial charge on any atom is 0.137 e. The molecule has 0 bridgehead atoms. The first-order chi connectivity index (χ1) is 13.6. The Labute approximate surface area is 168 Å². The van der Waals surface area contributed by atoms with Crippen LogP contribution in [0.3, 0.4) is 0 Å². The molecule has 2 aromatic carbocycles. The molecule has 0 amide bonds. The number of nitrogens with zero attached hydrogens (tertiary/aromatic N) is 4. The number of nitrogens with one attached hydrogen (secondary N) is 1. The molecule has 0 aliphatic heterocycles. The Bertz CT molecular complexity index is 1180. The monoisotopic (exact) mass is 387 g/mol. The Hall–Kier alpha value is -3.36. The number of hydrogen-bond acceptors (Lipinski definition) is 3. The third-order valence-corrected chi connectivity index (χ3v) is 5.07. The van der Waals surface area contributed by atoms with E-state index < -0.39 is 0 Å². The lowest BCUT2D eigenvalue weighted by atomic mass is 10.0. The first-order valence-electron chi connectivity index (χ1n) is 8.90. The van der Waals surface area contributed by atoms with E-state index in [9.17, 15) is 0 Å². The quantitative estimate of drug-likeness (QED) is 0.527. The Kier molecular flexibility index (Phi) is 4.72. The minimum Gasteiger partial charge on any atom is -0.340 e. The largest absolute Gasteiger partial charge is 0.340 e. The number of hydrogen-bond donors (Lipinski definition) is 1. The fraction of sp³-hybridized carbons (Fsp3) is 0.136. The highest BCUT2D eigenvalue weighted by molar-refractivity contribution is 6.32. The van der Waals surface area contributed by atoms with Crippen LogP contribution in [0.1, 0.15) is 22.6 Å². The molecule has 0 spiro atoms. The second kappa shape index (κ2) is 7.34. The molecule has 28 heavy (non-hydrogen) atoms. The van der Waals surface area contributed by atoms with Gasteiger partial charge in [-0.05, 0) is 31.5 Å². The van der Waals surface area contributed by atoms with E-state index in [1.807, 2.05) is 67.2 Å². The molecular weight excluding hydrogens is 370 g/mol. The number of H-pyrrole nitrogens is 1. The summed E-state index contributed by atoms with van der Waals surface area (Å²) in [6.07, 6.45) is 1.84. The van der Waals surface area contributed by atoms with Crippen LogP contribution in [0.25, 0.3) is 22.5 Å². The lowest BCUT2D eigenvalue weighted by Gasteiger charge is -2.06. The molecule has 0 saturated carbocycles. The van der Waals surface area contributed by atoms with Crippen molar-refractivity contribution >= 4 is 11.6 Å². The van der Waals surface area contributed by atoms with E-state index in [0.717, 1.165) is 39.6 Å². The van der Waals surface area contributed by atoms with E-state index in [1.165, 1.54) is 0 Å². The minimum absolute atomic E-state index is 0.452. The van der Waals surface area contributed by atoms with Gasteiger partial charge in [0, 0.05) is 16.8 Å². The van der Waals surface area contributed by atoms with Gasteiger partial charge in [-0.25, -0.2) is 4.98 Å². The summed E-state index contributed by atoms with van der Waals surface area (Å²) in [5.41, 5.74) is 6.45. The Morgan fingerprint density at radius 3 is 2.61 bits per heavy atom. The second-order valence-electron chi connectivity index (χ2n) is 6.63. The summed E-state index contributed by atoms with van der Waals surface area (Å²) in [6, 6.07) is 17.6. The van der Waals surface area contributed by atoms with Gasteiger partial charge in [0.15, 0.2) is 0 Å². The molecule has 4 aromatic rings. The van der Waals surface area contributed by atoms with Gasteiger partial charge in [-0.2, -0.15) is 10.4 Å². The molecule has 0 aliphatic carbocycles. The summed E-state index contributed by atoms with van der Waals surface area (Å²) < 4.78 is 1.96. The van der Waals surface area contributed by atoms with Gasteiger partial charge in [-0.3, -0.25) is 4.68 Å². The van der Waals surface area contributed by atoms with Crippen molar-refractivity contribution in [3.8, 4) is 28.6 Å². The molecule has 0 fully saturated rings. The van der Waals surface area contributed by atoms with Crippen molar-refractivity contribution < 1.29 is 0 Å². The molecule has 6 heteroatoms. The molecule has 2 heterocycles. The van der Waals surface area contributed by atoms with Gasteiger partial charge in [0.1, 0.15) is 11.9 Å². The van der Waals surface area contributed by atoms with E-state index in [4.69, 9.17) is 22.0 Å². The number of aromatic nitrogens is 4. The fourth-order valence-corrected chi connectivity index (χ4v) is 3.60. The van der Waals surface area contributed by atoms with Crippen molar-refractivity contribution in [3.05, 3.63) is 82.4 Å². The molecule has 5 nitrogen and oxygen atoms in total. The number of halogens is 1. The smallest absolute Gasteiger partial charge is 0.137 e. The summed E-state index contributed by atoms with van der Waals surface area (Å²) in [4.78, 5) is 7.85. The zero-order valence-corrected chi connectivity index (χ0v) is 16.3. The van der Waals surface area contributed by atoms with Gasteiger partial charge >= 0.3 is 0 Å². The second-order valence-corrected chi connectivity index (χ2v) is 7.04. The molecule has 2 aromatic heterocycles. The molecule has 0 unspecified atom stereocenters. The van der Waals surface area contributed by atoms with Gasteiger partial charge in [0.05, 0.1) is 34.7 Å². The van der Waals surface area contributed by atoms with Crippen molar-refractivity contribution in [2.45, 2.75) is 20.4 Å². The third-order valence-electron chi connectivity index (χ3n) is 4.76. The highest BCUT2D eigenvalue weighted by Crippen LogP contribution is 2.30. The van der Waals surface area contributed by atoms with Crippen LogP contribution in [0.4, 0.5) is 0 Å². The van der Waals surface area contributed by atoms with Crippen molar-refractivity contribution in [2.24, 2.45) is 0 Å². The van der Waals surface area contributed by atoms with Crippen LogP contribution in [0.2, 0.25) is 5.02 Å². The predicted molar refractivity (Wildman–Crippen MR) is 110 cm³/mol. The lowest BCUT2D eigenvalue weighted by molar-refractivity contribution is 0.649. The van der Waals surface area contributed by atoms with Crippen molar-refractivity contribution in [2.75, 3.05) is 0 Å². The third kappa shape index (κ3) is 3.30. The molecule has 0 atom stereocenters. The van der Waals surface area contributed by atoms with Crippen LogP contribution >= 0.6 is 11.6 Å². The fourth-order valence-electron chi connectivity index (χ4n) is 3.37. The average Bonchev–Trinajstić information content (AvgIpc) is 3.27. The van der Waals surface area contributed by atoms with Gasteiger partial charge in [-0.1, -0.05) is 48.0 Å².